The van der Waals surface area contributed by atoms with E-state index in [-0.39, 0.29) is 21.9 Å². The third-order valence-electron chi connectivity index (χ3n) is 2.01. The van der Waals surface area contributed by atoms with Crippen molar-refractivity contribution < 1.29 is 0 Å². The molecular formula is C12H4N4. The van der Waals surface area contributed by atoms with Gasteiger partial charge < -0.3 is 0 Å². The van der Waals surface area contributed by atoms with E-state index in [0.29, 0.717) is 5.22 Å². The molecule has 0 saturated carbocycles. The molecule has 0 fully saturated rings. The molecule has 72 valence electrons. The molecular weight excluding hydrogens is 200 g/mol. The minimum absolute atomic E-state index is 0.0214. The molecule has 0 aromatic heterocycles. The number of rotatable bonds is 0. The standard InChI is InChI=1S/C12H4N4/c1-8-2-3-10(9(4-13)5-14)12(7-16)11(8)6-15/h2-3H,1H2. The smallest absolute Gasteiger partial charge is 0.138 e. The number of hydrogen-bond donors (Lipinski definition) is 0. The Morgan fingerprint density at radius 3 is 1.94 bits per heavy atom. The molecule has 0 unspecified atom stereocenters. The third kappa shape index (κ3) is 1.60. The van der Waals surface area contributed by atoms with Crippen molar-refractivity contribution in [3.8, 4) is 24.3 Å². The first kappa shape index (κ1) is 11.0. The van der Waals surface area contributed by atoms with Crippen LogP contribution >= 0.6 is 0 Å². The summed E-state index contributed by atoms with van der Waals surface area (Å²) in [6, 6.07) is 9.99. The summed E-state index contributed by atoms with van der Waals surface area (Å²) in [7, 11) is 0. The molecule has 0 radical (unpaired) electrons. The number of nitrogens with zero attached hydrogens (tertiary/aromatic N) is 4. The molecule has 0 amide bonds. The summed E-state index contributed by atoms with van der Waals surface area (Å²) < 4.78 is 0. The summed E-state index contributed by atoms with van der Waals surface area (Å²) >= 11 is 0. The monoisotopic (exact) mass is 204 g/mol. The van der Waals surface area contributed by atoms with E-state index in [2.05, 4.69) is 6.58 Å². The van der Waals surface area contributed by atoms with E-state index in [4.69, 9.17) is 21.0 Å². The van der Waals surface area contributed by atoms with Gasteiger partial charge in [-0.3, -0.25) is 0 Å². The first-order valence-corrected chi connectivity index (χ1v) is 4.16. The van der Waals surface area contributed by atoms with Crippen molar-refractivity contribution >= 4 is 12.2 Å². The van der Waals surface area contributed by atoms with E-state index in [0.717, 1.165) is 0 Å². The van der Waals surface area contributed by atoms with Gasteiger partial charge >= 0.3 is 0 Å². The van der Waals surface area contributed by atoms with Crippen LogP contribution in [0.5, 0.6) is 0 Å². The maximum atomic E-state index is 8.93. The molecule has 0 N–H and O–H groups in total. The van der Waals surface area contributed by atoms with Crippen LogP contribution in [-0.4, -0.2) is 0 Å². The Hall–Kier alpha value is -3.08. The van der Waals surface area contributed by atoms with Gasteiger partial charge in [0.2, 0.25) is 0 Å². The van der Waals surface area contributed by atoms with Crippen LogP contribution in [0.2, 0.25) is 0 Å². The van der Waals surface area contributed by atoms with Crippen LogP contribution in [-0.2, 0) is 0 Å². The van der Waals surface area contributed by atoms with Gasteiger partial charge in [-0.05, 0) is 5.22 Å². The highest BCUT2D eigenvalue weighted by atomic mass is 14.3. The van der Waals surface area contributed by atoms with Gasteiger partial charge in [-0.2, -0.15) is 21.0 Å². The first-order valence-electron chi connectivity index (χ1n) is 4.16. The zero-order valence-electron chi connectivity index (χ0n) is 8.15. The molecule has 1 aromatic carbocycles. The van der Waals surface area contributed by atoms with Crippen molar-refractivity contribution in [2.45, 2.75) is 0 Å². The van der Waals surface area contributed by atoms with E-state index in [1.165, 1.54) is 12.1 Å². The van der Waals surface area contributed by atoms with Crippen molar-refractivity contribution in [2.75, 3.05) is 0 Å². The fourth-order valence-electron chi connectivity index (χ4n) is 1.24. The van der Waals surface area contributed by atoms with Gasteiger partial charge in [-0.25, -0.2) is 0 Å². The van der Waals surface area contributed by atoms with Crippen LogP contribution in [0.15, 0.2) is 12.1 Å². The molecule has 0 spiro atoms. The van der Waals surface area contributed by atoms with Gasteiger partial charge in [0.05, 0.1) is 11.1 Å². The maximum Gasteiger partial charge on any atom is 0.138 e. The van der Waals surface area contributed by atoms with Crippen LogP contribution in [0.4, 0.5) is 0 Å². The topological polar surface area (TPSA) is 95.2 Å². The van der Waals surface area contributed by atoms with Crippen molar-refractivity contribution in [1.29, 1.82) is 21.0 Å². The van der Waals surface area contributed by atoms with Gasteiger partial charge in [0.15, 0.2) is 0 Å². The summed E-state index contributed by atoms with van der Waals surface area (Å²) in [5.41, 5.74) is -0.0656. The minimum atomic E-state index is -0.187. The summed E-state index contributed by atoms with van der Waals surface area (Å²) in [5.74, 6) is 0. The number of benzene rings is 1. The van der Waals surface area contributed by atoms with Crippen LogP contribution < -0.4 is 10.4 Å². The second-order valence-corrected chi connectivity index (χ2v) is 2.84. The second kappa shape index (κ2) is 4.43. The lowest BCUT2D eigenvalue weighted by Crippen LogP contribution is -2.19. The highest BCUT2D eigenvalue weighted by molar-refractivity contribution is 5.74. The van der Waals surface area contributed by atoms with Gasteiger partial charge in [0.25, 0.3) is 0 Å². The molecule has 0 bridgehead atoms. The molecule has 0 atom stereocenters. The van der Waals surface area contributed by atoms with Crippen LogP contribution in [0, 0.1) is 45.3 Å². The zero-order valence-corrected chi connectivity index (χ0v) is 8.15. The highest BCUT2D eigenvalue weighted by Crippen LogP contribution is 1.97. The molecule has 4 heteroatoms. The number of nitriles is 4. The highest BCUT2D eigenvalue weighted by Gasteiger charge is 2.07. The predicted molar refractivity (Wildman–Crippen MR) is 55.3 cm³/mol. The molecule has 0 aliphatic rings. The Labute approximate surface area is 91.8 Å². The zero-order chi connectivity index (χ0) is 12.1. The van der Waals surface area contributed by atoms with Crippen molar-refractivity contribution in [3.05, 3.63) is 33.7 Å². The number of hydrogen-bond acceptors (Lipinski definition) is 4. The Bertz CT molecular complexity index is 699. The summed E-state index contributed by atoms with van der Waals surface area (Å²) in [4.78, 5) is 0. The Balaban J connectivity index is 4.04. The lowest BCUT2D eigenvalue weighted by atomic mass is 10.0. The van der Waals surface area contributed by atoms with E-state index < -0.39 is 0 Å². The van der Waals surface area contributed by atoms with Crippen molar-refractivity contribution in [1.82, 2.24) is 0 Å². The van der Waals surface area contributed by atoms with Gasteiger partial charge in [0, 0.05) is 5.22 Å². The average Bonchev–Trinajstić information content (AvgIpc) is 2.31. The van der Waals surface area contributed by atoms with Crippen LogP contribution in [0.25, 0.3) is 12.2 Å². The fraction of sp³-hybridized carbons (Fsp3) is 0. The Morgan fingerprint density at radius 1 is 0.938 bits per heavy atom. The van der Waals surface area contributed by atoms with Crippen LogP contribution in [0.3, 0.4) is 0 Å². The predicted octanol–water partition coefficient (Wildman–Crippen LogP) is 0.0381. The molecule has 4 nitrogen and oxygen atoms in total. The van der Waals surface area contributed by atoms with Crippen LogP contribution in [0.1, 0.15) is 11.1 Å². The van der Waals surface area contributed by atoms with E-state index >= 15 is 0 Å². The van der Waals surface area contributed by atoms with E-state index in [9.17, 15) is 0 Å². The first-order chi connectivity index (χ1) is 7.69. The van der Waals surface area contributed by atoms with Gasteiger partial charge in [-0.1, -0.05) is 18.7 Å². The molecule has 1 aromatic rings. The summed E-state index contributed by atoms with van der Waals surface area (Å²) in [6.45, 7) is 3.60. The van der Waals surface area contributed by atoms with Gasteiger partial charge in [0.1, 0.15) is 29.8 Å². The van der Waals surface area contributed by atoms with Crippen molar-refractivity contribution in [2.24, 2.45) is 0 Å². The van der Waals surface area contributed by atoms with Gasteiger partial charge in [-0.15, -0.1) is 0 Å². The Kier molecular flexibility index (Phi) is 3.04. The molecule has 1 rings (SSSR count). The second-order valence-electron chi connectivity index (χ2n) is 2.84. The molecule has 0 heterocycles. The largest absolute Gasteiger partial charge is 0.192 e. The average molecular weight is 204 g/mol. The molecule has 0 aliphatic heterocycles. The van der Waals surface area contributed by atoms with Crippen molar-refractivity contribution in [3.63, 3.8) is 0 Å². The lowest BCUT2D eigenvalue weighted by Gasteiger charge is -1.96. The summed E-state index contributed by atoms with van der Waals surface area (Å²) in [5, 5.41) is 35.8. The lowest BCUT2D eigenvalue weighted by molar-refractivity contribution is 1.37. The quantitative estimate of drug-likeness (QED) is 0.596. The fourth-order valence-corrected chi connectivity index (χ4v) is 1.24. The Morgan fingerprint density at radius 2 is 1.50 bits per heavy atom. The molecule has 16 heavy (non-hydrogen) atoms. The SMILES string of the molecule is C=c1ccc(=C(C#N)C#N)c(C#N)c1C#N. The normalized spacial score (nSPS) is 8.00. The minimum Gasteiger partial charge on any atom is -0.192 e. The third-order valence-corrected chi connectivity index (χ3v) is 2.01. The van der Waals surface area contributed by atoms with E-state index in [1.807, 2.05) is 12.1 Å². The maximum absolute atomic E-state index is 8.93. The summed E-state index contributed by atoms with van der Waals surface area (Å²) in [6.07, 6.45) is 0. The molecule has 0 saturated heterocycles. The molecule has 0 aliphatic carbocycles. The van der Waals surface area contributed by atoms with E-state index in [1.54, 1.807) is 12.1 Å².